The summed E-state index contributed by atoms with van der Waals surface area (Å²) in [6.07, 6.45) is 0. The number of fused-ring (bicyclic) bond motifs is 1. The van der Waals surface area contributed by atoms with Gasteiger partial charge in [-0.2, -0.15) is 8.75 Å². The Hall–Kier alpha value is -2.16. The third kappa shape index (κ3) is 1.38. The monoisotopic (exact) mass is 226 g/mol. The van der Waals surface area contributed by atoms with Crippen molar-refractivity contribution in [2.45, 2.75) is 0 Å². The normalized spacial score (nSPS) is 10.4. The van der Waals surface area contributed by atoms with Crippen LogP contribution in [0.3, 0.4) is 0 Å². The second-order valence-electron chi connectivity index (χ2n) is 2.58. The number of nitrogens with zero attached hydrogens (tertiary/aromatic N) is 4. The second-order valence-corrected chi connectivity index (χ2v) is 3.11. The molecule has 0 bridgehead atoms. The number of nitro benzene ring substituents is 2. The van der Waals surface area contributed by atoms with Gasteiger partial charge in [0.1, 0.15) is 0 Å². The van der Waals surface area contributed by atoms with Gasteiger partial charge in [0.2, 0.25) is 0 Å². The number of nitro groups is 2. The molecule has 1 heterocycles. The average Bonchev–Trinajstić information content (AvgIpc) is 2.63. The van der Waals surface area contributed by atoms with Crippen LogP contribution < -0.4 is 0 Å². The van der Waals surface area contributed by atoms with Gasteiger partial charge >= 0.3 is 0 Å². The van der Waals surface area contributed by atoms with Crippen LogP contribution in [-0.2, 0) is 0 Å². The summed E-state index contributed by atoms with van der Waals surface area (Å²) in [5.41, 5.74) is -0.632. The molecule has 0 saturated heterocycles. The molecule has 1 aromatic heterocycles. The van der Waals surface area contributed by atoms with Crippen LogP contribution in [0.2, 0.25) is 0 Å². The van der Waals surface area contributed by atoms with Crippen LogP contribution in [0.1, 0.15) is 0 Å². The third-order valence-corrected chi connectivity index (χ3v) is 2.29. The van der Waals surface area contributed by atoms with E-state index in [9.17, 15) is 20.2 Å². The summed E-state index contributed by atoms with van der Waals surface area (Å²) in [5.74, 6) is 0. The fraction of sp³-hybridized carbons (Fsp3) is 0. The number of benzene rings is 1. The van der Waals surface area contributed by atoms with Gasteiger partial charge in [-0.3, -0.25) is 20.2 Å². The molecule has 2 rings (SSSR count). The Kier molecular flexibility index (Phi) is 2.01. The number of hydrogen-bond acceptors (Lipinski definition) is 7. The van der Waals surface area contributed by atoms with Crippen LogP contribution >= 0.6 is 11.7 Å². The minimum absolute atomic E-state index is 0.0424. The Morgan fingerprint density at radius 1 is 1.00 bits per heavy atom. The SMILES string of the molecule is O=[N+]([O-])c1ccc([N+](=O)[O-])c2nsnc12. The molecule has 76 valence electrons. The lowest BCUT2D eigenvalue weighted by atomic mass is 10.2. The van der Waals surface area contributed by atoms with Crippen molar-refractivity contribution >= 4 is 34.1 Å². The first-order valence-corrected chi connectivity index (χ1v) is 4.38. The summed E-state index contributed by atoms with van der Waals surface area (Å²) in [4.78, 5) is 19.8. The smallest absolute Gasteiger partial charge is 0.258 e. The summed E-state index contributed by atoms with van der Waals surface area (Å²) >= 11 is 0.707. The van der Waals surface area contributed by atoms with E-state index in [2.05, 4.69) is 8.75 Å². The van der Waals surface area contributed by atoms with Gasteiger partial charge in [-0.05, 0) is 0 Å². The Morgan fingerprint density at radius 3 is 1.73 bits per heavy atom. The summed E-state index contributed by atoms with van der Waals surface area (Å²) in [5, 5.41) is 21.1. The fourth-order valence-electron chi connectivity index (χ4n) is 1.14. The van der Waals surface area contributed by atoms with Crippen molar-refractivity contribution < 1.29 is 9.85 Å². The quantitative estimate of drug-likeness (QED) is 0.566. The van der Waals surface area contributed by atoms with Gasteiger partial charge in [0, 0.05) is 12.1 Å². The van der Waals surface area contributed by atoms with E-state index in [1.54, 1.807) is 0 Å². The van der Waals surface area contributed by atoms with Crippen molar-refractivity contribution in [2.24, 2.45) is 0 Å². The van der Waals surface area contributed by atoms with Crippen LogP contribution in [0.25, 0.3) is 11.0 Å². The van der Waals surface area contributed by atoms with E-state index < -0.39 is 9.85 Å². The Labute approximate surface area is 85.8 Å². The van der Waals surface area contributed by atoms with Crippen molar-refractivity contribution in [3.05, 3.63) is 32.4 Å². The van der Waals surface area contributed by atoms with E-state index >= 15 is 0 Å². The number of aromatic nitrogens is 2. The Balaban J connectivity index is 2.82. The molecule has 0 saturated carbocycles. The first-order chi connectivity index (χ1) is 7.11. The maximum atomic E-state index is 10.6. The average molecular weight is 226 g/mol. The zero-order valence-corrected chi connectivity index (χ0v) is 7.80. The molecule has 0 N–H and O–H groups in total. The van der Waals surface area contributed by atoms with E-state index in [1.807, 2.05) is 0 Å². The molecule has 8 nitrogen and oxygen atoms in total. The zero-order valence-electron chi connectivity index (χ0n) is 6.98. The van der Waals surface area contributed by atoms with Crippen LogP contribution in [0.15, 0.2) is 12.1 Å². The van der Waals surface area contributed by atoms with Gasteiger partial charge in [-0.1, -0.05) is 0 Å². The molecule has 1 aromatic carbocycles. The highest BCUT2D eigenvalue weighted by Gasteiger charge is 2.23. The minimum atomic E-state index is -0.645. The number of hydrogen-bond donors (Lipinski definition) is 0. The molecule has 0 aliphatic carbocycles. The molecule has 0 spiro atoms. The zero-order chi connectivity index (χ0) is 11.0. The van der Waals surface area contributed by atoms with E-state index in [0.29, 0.717) is 11.7 Å². The Bertz CT molecular complexity index is 517. The second kappa shape index (κ2) is 3.20. The van der Waals surface area contributed by atoms with Crippen LogP contribution in [-0.4, -0.2) is 18.6 Å². The number of non-ortho nitro benzene ring substituents is 2. The van der Waals surface area contributed by atoms with Crippen molar-refractivity contribution in [3.63, 3.8) is 0 Å². The molecule has 0 atom stereocenters. The Morgan fingerprint density at radius 2 is 1.40 bits per heavy atom. The van der Waals surface area contributed by atoms with E-state index in [1.165, 1.54) is 0 Å². The highest BCUT2D eigenvalue weighted by Crippen LogP contribution is 2.30. The van der Waals surface area contributed by atoms with Crippen molar-refractivity contribution in [3.8, 4) is 0 Å². The first kappa shape index (κ1) is 9.40. The lowest BCUT2D eigenvalue weighted by Gasteiger charge is -1.93. The molecular formula is C6H2N4O4S. The van der Waals surface area contributed by atoms with Gasteiger partial charge in [0.15, 0.2) is 11.0 Å². The molecule has 0 radical (unpaired) electrons. The molecule has 9 heteroatoms. The molecule has 0 amide bonds. The molecular weight excluding hydrogens is 224 g/mol. The topological polar surface area (TPSA) is 112 Å². The molecule has 0 aliphatic heterocycles. The highest BCUT2D eigenvalue weighted by molar-refractivity contribution is 7.00. The molecule has 0 unspecified atom stereocenters. The maximum absolute atomic E-state index is 10.6. The fourth-order valence-corrected chi connectivity index (χ4v) is 1.70. The lowest BCUT2D eigenvalue weighted by Crippen LogP contribution is -1.93. The highest BCUT2D eigenvalue weighted by atomic mass is 32.1. The van der Waals surface area contributed by atoms with Gasteiger partial charge in [-0.25, -0.2) is 0 Å². The summed E-state index contributed by atoms with van der Waals surface area (Å²) in [7, 11) is 0. The maximum Gasteiger partial charge on any atom is 0.298 e. The van der Waals surface area contributed by atoms with E-state index in [0.717, 1.165) is 12.1 Å². The third-order valence-electron chi connectivity index (χ3n) is 1.77. The van der Waals surface area contributed by atoms with Crippen LogP contribution in [0.4, 0.5) is 11.4 Å². The molecule has 15 heavy (non-hydrogen) atoms. The van der Waals surface area contributed by atoms with Crippen molar-refractivity contribution in [2.75, 3.05) is 0 Å². The van der Waals surface area contributed by atoms with Gasteiger partial charge in [0.25, 0.3) is 11.4 Å². The van der Waals surface area contributed by atoms with Crippen LogP contribution in [0, 0.1) is 20.2 Å². The standard InChI is InChI=1S/C6H2N4O4S/c11-9(12)3-1-2-4(10(13)14)6-5(3)7-15-8-6/h1-2H. The van der Waals surface area contributed by atoms with Gasteiger partial charge in [-0.15, -0.1) is 0 Å². The molecule has 2 aromatic rings. The molecule has 0 aliphatic rings. The first-order valence-electron chi connectivity index (χ1n) is 3.65. The summed E-state index contributed by atoms with van der Waals surface area (Å²) in [6.45, 7) is 0. The predicted octanol–water partition coefficient (Wildman–Crippen LogP) is 1.51. The van der Waals surface area contributed by atoms with Gasteiger partial charge < -0.3 is 0 Å². The number of rotatable bonds is 2. The molecule has 0 fully saturated rings. The summed E-state index contributed by atoms with van der Waals surface area (Å²) in [6, 6.07) is 2.11. The summed E-state index contributed by atoms with van der Waals surface area (Å²) < 4.78 is 7.33. The lowest BCUT2D eigenvalue weighted by molar-refractivity contribution is -0.386. The largest absolute Gasteiger partial charge is 0.298 e. The van der Waals surface area contributed by atoms with E-state index in [4.69, 9.17) is 0 Å². The van der Waals surface area contributed by atoms with Crippen molar-refractivity contribution in [1.29, 1.82) is 0 Å². The van der Waals surface area contributed by atoms with E-state index in [-0.39, 0.29) is 22.4 Å². The van der Waals surface area contributed by atoms with Crippen molar-refractivity contribution in [1.82, 2.24) is 8.75 Å². The van der Waals surface area contributed by atoms with Gasteiger partial charge in [0.05, 0.1) is 21.6 Å². The van der Waals surface area contributed by atoms with Crippen LogP contribution in [0.5, 0.6) is 0 Å². The predicted molar refractivity (Wildman–Crippen MR) is 50.7 cm³/mol. The minimum Gasteiger partial charge on any atom is -0.258 e.